The highest BCUT2D eigenvalue weighted by atomic mass is 16.3. The molecule has 0 bridgehead atoms. The van der Waals surface area contributed by atoms with Crippen molar-refractivity contribution in [1.82, 2.24) is 5.32 Å². The first-order chi connectivity index (χ1) is 7.11. The molecule has 0 heterocycles. The molecule has 0 saturated carbocycles. The Hall–Kier alpha value is -1.51. The minimum Gasteiger partial charge on any atom is -0.507 e. The van der Waals surface area contributed by atoms with Crippen LogP contribution in [0.1, 0.15) is 30.6 Å². The average molecular weight is 207 g/mol. The van der Waals surface area contributed by atoms with Gasteiger partial charge in [-0.3, -0.25) is 4.79 Å². The van der Waals surface area contributed by atoms with Gasteiger partial charge < -0.3 is 10.4 Å². The van der Waals surface area contributed by atoms with Crippen molar-refractivity contribution in [1.29, 1.82) is 0 Å². The first-order valence-corrected chi connectivity index (χ1v) is 5.17. The van der Waals surface area contributed by atoms with Gasteiger partial charge in [-0.05, 0) is 24.5 Å². The lowest BCUT2D eigenvalue weighted by atomic mass is 10.1. The number of aromatic hydroxyl groups is 1. The first kappa shape index (κ1) is 11.6. The van der Waals surface area contributed by atoms with Crippen LogP contribution < -0.4 is 5.32 Å². The van der Waals surface area contributed by atoms with Crippen molar-refractivity contribution in [3.63, 3.8) is 0 Å². The number of carbonyl (C=O) groups is 1. The second-order valence-corrected chi connectivity index (χ2v) is 3.96. The minimum absolute atomic E-state index is 0.0274. The highest BCUT2D eigenvalue weighted by Gasteiger charge is 2.08. The molecule has 82 valence electrons. The third kappa shape index (κ3) is 3.62. The molecule has 1 rings (SSSR count). The van der Waals surface area contributed by atoms with Crippen LogP contribution in [0.2, 0.25) is 0 Å². The van der Waals surface area contributed by atoms with E-state index in [0.29, 0.717) is 18.0 Å². The molecule has 0 aliphatic heterocycles. The standard InChI is InChI=1S/C12H17NO2/c1-9(2)7-8-13-12(15)10-5-3-4-6-11(10)14/h3-6,9,14H,7-8H2,1-2H3,(H,13,15). The van der Waals surface area contributed by atoms with E-state index in [1.165, 1.54) is 6.07 Å². The number of hydrogen-bond acceptors (Lipinski definition) is 2. The molecule has 1 amide bonds. The number of phenols is 1. The molecular weight excluding hydrogens is 190 g/mol. The van der Waals surface area contributed by atoms with Gasteiger partial charge in [-0.2, -0.15) is 0 Å². The van der Waals surface area contributed by atoms with E-state index in [0.717, 1.165) is 6.42 Å². The van der Waals surface area contributed by atoms with Crippen molar-refractivity contribution < 1.29 is 9.90 Å². The van der Waals surface area contributed by atoms with Gasteiger partial charge in [0.2, 0.25) is 0 Å². The highest BCUT2D eigenvalue weighted by Crippen LogP contribution is 2.14. The van der Waals surface area contributed by atoms with Gasteiger partial charge in [-0.15, -0.1) is 0 Å². The number of para-hydroxylation sites is 1. The summed E-state index contributed by atoms with van der Waals surface area (Å²) >= 11 is 0. The van der Waals surface area contributed by atoms with Gasteiger partial charge in [-0.1, -0.05) is 26.0 Å². The van der Waals surface area contributed by atoms with Crippen LogP contribution >= 0.6 is 0 Å². The van der Waals surface area contributed by atoms with Gasteiger partial charge in [0.15, 0.2) is 0 Å². The summed E-state index contributed by atoms with van der Waals surface area (Å²) in [7, 11) is 0. The van der Waals surface area contributed by atoms with Crippen molar-refractivity contribution in [2.24, 2.45) is 5.92 Å². The van der Waals surface area contributed by atoms with Crippen LogP contribution in [0.3, 0.4) is 0 Å². The van der Waals surface area contributed by atoms with Gasteiger partial charge in [-0.25, -0.2) is 0 Å². The lowest BCUT2D eigenvalue weighted by molar-refractivity contribution is 0.0949. The molecule has 0 aliphatic rings. The Kier molecular flexibility index (Phi) is 4.16. The van der Waals surface area contributed by atoms with Gasteiger partial charge in [0.05, 0.1) is 5.56 Å². The lowest BCUT2D eigenvalue weighted by Crippen LogP contribution is -2.25. The van der Waals surface area contributed by atoms with Crippen LogP contribution in [0, 0.1) is 5.92 Å². The first-order valence-electron chi connectivity index (χ1n) is 5.17. The highest BCUT2D eigenvalue weighted by molar-refractivity contribution is 5.96. The quantitative estimate of drug-likeness (QED) is 0.795. The van der Waals surface area contributed by atoms with E-state index >= 15 is 0 Å². The molecule has 0 aromatic heterocycles. The van der Waals surface area contributed by atoms with Crippen LogP contribution in [-0.4, -0.2) is 17.6 Å². The van der Waals surface area contributed by atoms with Crippen molar-refractivity contribution in [3.8, 4) is 5.75 Å². The molecule has 0 spiro atoms. The van der Waals surface area contributed by atoms with E-state index < -0.39 is 0 Å². The SMILES string of the molecule is CC(C)CCNC(=O)c1ccccc1O. The van der Waals surface area contributed by atoms with Crippen LogP contribution in [0.5, 0.6) is 5.75 Å². The predicted molar refractivity (Wildman–Crippen MR) is 59.9 cm³/mol. The molecule has 3 heteroatoms. The molecule has 2 N–H and O–H groups in total. The lowest BCUT2D eigenvalue weighted by Gasteiger charge is -2.07. The number of carbonyl (C=O) groups excluding carboxylic acids is 1. The largest absolute Gasteiger partial charge is 0.507 e. The van der Waals surface area contributed by atoms with Crippen molar-refractivity contribution >= 4 is 5.91 Å². The van der Waals surface area contributed by atoms with E-state index in [1.807, 2.05) is 0 Å². The molecule has 1 aromatic rings. The van der Waals surface area contributed by atoms with E-state index in [-0.39, 0.29) is 11.7 Å². The maximum atomic E-state index is 11.6. The number of nitrogens with one attached hydrogen (secondary N) is 1. The van der Waals surface area contributed by atoms with Crippen molar-refractivity contribution in [2.75, 3.05) is 6.54 Å². The Balaban J connectivity index is 2.51. The van der Waals surface area contributed by atoms with Crippen LogP contribution in [0.4, 0.5) is 0 Å². The summed E-state index contributed by atoms with van der Waals surface area (Å²) in [5, 5.41) is 12.2. The van der Waals surface area contributed by atoms with Crippen LogP contribution in [0.15, 0.2) is 24.3 Å². The summed E-state index contributed by atoms with van der Waals surface area (Å²) in [6.07, 6.45) is 0.944. The smallest absolute Gasteiger partial charge is 0.255 e. The second kappa shape index (κ2) is 5.39. The third-order valence-electron chi connectivity index (χ3n) is 2.16. The Bertz CT molecular complexity index is 334. The van der Waals surface area contributed by atoms with Gasteiger partial charge in [0.25, 0.3) is 5.91 Å². The Morgan fingerprint density at radius 2 is 2.07 bits per heavy atom. The molecule has 0 aliphatic carbocycles. The average Bonchev–Trinajstić information content (AvgIpc) is 2.17. The number of amides is 1. The number of benzene rings is 1. The topological polar surface area (TPSA) is 49.3 Å². The minimum atomic E-state index is -0.214. The summed E-state index contributed by atoms with van der Waals surface area (Å²) in [5.74, 6) is 0.378. The van der Waals surface area contributed by atoms with E-state index in [9.17, 15) is 9.90 Å². The number of rotatable bonds is 4. The summed E-state index contributed by atoms with van der Waals surface area (Å²) in [6.45, 7) is 4.85. The van der Waals surface area contributed by atoms with Crippen molar-refractivity contribution in [3.05, 3.63) is 29.8 Å². The molecule has 0 fully saturated rings. The molecular formula is C12H17NO2. The summed E-state index contributed by atoms with van der Waals surface area (Å²) in [6, 6.07) is 6.55. The van der Waals surface area contributed by atoms with E-state index in [2.05, 4.69) is 19.2 Å². The van der Waals surface area contributed by atoms with Gasteiger partial charge in [0.1, 0.15) is 5.75 Å². The number of hydrogen-bond donors (Lipinski definition) is 2. The predicted octanol–water partition coefficient (Wildman–Crippen LogP) is 2.17. The van der Waals surface area contributed by atoms with Crippen LogP contribution in [0.25, 0.3) is 0 Å². The zero-order valence-corrected chi connectivity index (χ0v) is 9.16. The van der Waals surface area contributed by atoms with Gasteiger partial charge in [0, 0.05) is 6.54 Å². The maximum absolute atomic E-state index is 11.6. The summed E-state index contributed by atoms with van der Waals surface area (Å²) < 4.78 is 0. The molecule has 0 saturated heterocycles. The molecule has 0 unspecified atom stereocenters. The fourth-order valence-electron chi connectivity index (χ4n) is 1.24. The molecule has 3 nitrogen and oxygen atoms in total. The fourth-order valence-corrected chi connectivity index (χ4v) is 1.24. The zero-order valence-electron chi connectivity index (χ0n) is 9.16. The van der Waals surface area contributed by atoms with Crippen LogP contribution in [-0.2, 0) is 0 Å². The Morgan fingerprint density at radius 1 is 1.40 bits per heavy atom. The third-order valence-corrected chi connectivity index (χ3v) is 2.16. The molecule has 0 radical (unpaired) electrons. The normalized spacial score (nSPS) is 10.3. The Labute approximate surface area is 90.1 Å². The zero-order chi connectivity index (χ0) is 11.3. The number of phenolic OH excluding ortho intramolecular Hbond substituents is 1. The van der Waals surface area contributed by atoms with Crippen molar-refractivity contribution in [2.45, 2.75) is 20.3 Å². The van der Waals surface area contributed by atoms with E-state index in [4.69, 9.17) is 0 Å². The molecule has 0 atom stereocenters. The fraction of sp³-hybridized carbons (Fsp3) is 0.417. The molecule has 1 aromatic carbocycles. The van der Waals surface area contributed by atoms with Gasteiger partial charge >= 0.3 is 0 Å². The molecule has 15 heavy (non-hydrogen) atoms. The Morgan fingerprint density at radius 3 is 2.67 bits per heavy atom. The summed E-state index contributed by atoms with van der Waals surface area (Å²) in [4.78, 5) is 11.6. The maximum Gasteiger partial charge on any atom is 0.255 e. The second-order valence-electron chi connectivity index (χ2n) is 3.96. The monoisotopic (exact) mass is 207 g/mol. The summed E-state index contributed by atoms with van der Waals surface area (Å²) in [5.41, 5.74) is 0.334. The van der Waals surface area contributed by atoms with E-state index in [1.54, 1.807) is 18.2 Å².